The van der Waals surface area contributed by atoms with Gasteiger partial charge < -0.3 is 23.7 Å². The molecule has 0 bridgehead atoms. The third kappa shape index (κ3) is 8.10. The third-order valence-electron chi connectivity index (χ3n) is 6.03. The van der Waals surface area contributed by atoms with E-state index < -0.39 is 30.6 Å². The van der Waals surface area contributed by atoms with Crippen LogP contribution in [0.2, 0.25) is 0 Å². The van der Waals surface area contributed by atoms with Gasteiger partial charge in [-0.2, -0.15) is 0 Å². The first-order valence-corrected chi connectivity index (χ1v) is 12.7. The molecule has 37 heavy (non-hydrogen) atoms. The number of hydrogen-bond acceptors (Lipinski definition) is 6. The number of ether oxygens (including phenoxy) is 5. The molecule has 0 spiro atoms. The molecule has 6 nitrogen and oxygen atoms in total. The van der Waals surface area contributed by atoms with Gasteiger partial charge in [-0.15, -0.1) is 6.58 Å². The van der Waals surface area contributed by atoms with Gasteiger partial charge in [-0.1, -0.05) is 84.9 Å². The second-order valence-corrected chi connectivity index (χ2v) is 8.84. The number of rotatable bonds is 14. The fourth-order valence-electron chi connectivity index (χ4n) is 4.11. The van der Waals surface area contributed by atoms with Gasteiger partial charge in [-0.05, 0) is 36.1 Å². The van der Waals surface area contributed by atoms with Crippen molar-refractivity contribution in [2.75, 3.05) is 13.2 Å². The van der Waals surface area contributed by atoms with Crippen molar-refractivity contribution >= 4 is 5.97 Å². The highest BCUT2D eigenvalue weighted by Crippen LogP contribution is 2.30. The fraction of sp³-hybridized carbons (Fsp3) is 0.323. The highest BCUT2D eigenvalue weighted by atomic mass is 16.7. The van der Waals surface area contributed by atoms with Crippen molar-refractivity contribution in [3.05, 3.63) is 120 Å². The van der Waals surface area contributed by atoms with Crippen molar-refractivity contribution < 1.29 is 28.5 Å². The first-order valence-electron chi connectivity index (χ1n) is 12.7. The van der Waals surface area contributed by atoms with E-state index in [0.29, 0.717) is 25.4 Å². The van der Waals surface area contributed by atoms with Gasteiger partial charge in [0.1, 0.15) is 12.2 Å². The lowest BCUT2D eigenvalue weighted by atomic mass is 10.1. The lowest BCUT2D eigenvalue weighted by Gasteiger charge is -2.24. The van der Waals surface area contributed by atoms with Crippen LogP contribution in [0.25, 0.3) is 0 Å². The zero-order valence-electron chi connectivity index (χ0n) is 20.9. The number of benzene rings is 3. The number of carbonyl (C=O) groups is 1. The van der Waals surface area contributed by atoms with Gasteiger partial charge in [0.2, 0.25) is 0 Å². The molecule has 194 valence electrons. The molecule has 6 heteroatoms. The molecule has 0 aliphatic carbocycles. The standard InChI is InChI=1S/C31H34O6/c1-2-3-13-20-34-31-29(37-30(32)26-18-11-6-12-19-26)28(35-22-25-16-9-5-10-17-25)27(36-31)23-33-21-24-14-7-4-8-15-24/h2,4-12,14-19,27-29,31H,1,3,13,20-23H2/t27-,28-,29+,31+/m1/s1. The van der Waals surface area contributed by atoms with E-state index >= 15 is 0 Å². The van der Waals surface area contributed by atoms with Crippen molar-refractivity contribution in [3.8, 4) is 0 Å². The molecule has 0 radical (unpaired) electrons. The summed E-state index contributed by atoms with van der Waals surface area (Å²) >= 11 is 0. The average Bonchev–Trinajstić information content (AvgIpc) is 3.27. The second kappa shape index (κ2) is 14.4. The van der Waals surface area contributed by atoms with Crippen molar-refractivity contribution in [3.63, 3.8) is 0 Å². The van der Waals surface area contributed by atoms with E-state index in [1.54, 1.807) is 24.3 Å². The van der Waals surface area contributed by atoms with Crippen LogP contribution in [-0.4, -0.2) is 43.8 Å². The molecular formula is C31H34O6. The van der Waals surface area contributed by atoms with Gasteiger partial charge in [0.05, 0.1) is 32.0 Å². The number of unbranched alkanes of at least 4 members (excludes halogenated alkanes) is 1. The fourth-order valence-corrected chi connectivity index (χ4v) is 4.11. The van der Waals surface area contributed by atoms with Gasteiger partial charge in [0.25, 0.3) is 0 Å². The van der Waals surface area contributed by atoms with Crippen LogP contribution < -0.4 is 0 Å². The minimum atomic E-state index is -0.774. The minimum Gasteiger partial charge on any atom is -0.450 e. The number of allylic oxidation sites excluding steroid dienone is 1. The summed E-state index contributed by atoms with van der Waals surface area (Å²) in [5, 5.41) is 0. The molecule has 1 saturated heterocycles. The number of hydrogen-bond donors (Lipinski definition) is 0. The Morgan fingerprint density at radius 1 is 0.811 bits per heavy atom. The minimum absolute atomic E-state index is 0.264. The van der Waals surface area contributed by atoms with Crippen molar-refractivity contribution in [1.82, 2.24) is 0 Å². The van der Waals surface area contributed by atoms with Crippen LogP contribution in [0, 0.1) is 0 Å². The summed E-state index contributed by atoms with van der Waals surface area (Å²) in [5.74, 6) is -0.451. The van der Waals surface area contributed by atoms with E-state index in [4.69, 9.17) is 23.7 Å². The van der Waals surface area contributed by atoms with Crippen LogP contribution >= 0.6 is 0 Å². The molecule has 4 rings (SSSR count). The molecule has 1 fully saturated rings. The van der Waals surface area contributed by atoms with Crippen LogP contribution in [0.1, 0.15) is 34.3 Å². The molecule has 1 aliphatic heterocycles. The summed E-state index contributed by atoms with van der Waals surface area (Å²) in [7, 11) is 0. The van der Waals surface area contributed by atoms with Gasteiger partial charge in [0, 0.05) is 0 Å². The Morgan fingerprint density at radius 2 is 1.43 bits per heavy atom. The maximum Gasteiger partial charge on any atom is 0.338 e. The Balaban J connectivity index is 1.49. The molecular weight excluding hydrogens is 468 g/mol. The van der Waals surface area contributed by atoms with E-state index in [2.05, 4.69) is 6.58 Å². The molecule has 0 amide bonds. The average molecular weight is 503 g/mol. The molecule has 0 N–H and O–H groups in total. The molecule has 1 heterocycles. The smallest absolute Gasteiger partial charge is 0.338 e. The zero-order valence-corrected chi connectivity index (χ0v) is 20.9. The molecule has 3 aromatic rings. The Kier molecular flexibility index (Phi) is 10.5. The first kappa shape index (κ1) is 26.8. The van der Waals surface area contributed by atoms with Gasteiger partial charge >= 0.3 is 5.97 Å². The summed E-state index contributed by atoms with van der Waals surface area (Å²) in [4.78, 5) is 13.0. The number of esters is 1. The molecule has 4 atom stereocenters. The molecule has 1 aliphatic rings. The monoisotopic (exact) mass is 502 g/mol. The Labute approximate surface area is 218 Å². The third-order valence-corrected chi connectivity index (χ3v) is 6.03. The summed E-state index contributed by atoms with van der Waals surface area (Å²) in [6.45, 7) is 5.24. The Morgan fingerprint density at radius 3 is 2.08 bits per heavy atom. The number of carbonyl (C=O) groups excluding carboxylic acids is 1. The maximum absolute atomic E-state index is 13.0. The van der Waals surface area contributed by atoms with Crippen LogP contribution in [-0.2, 0) is 36.9 Å². The Hall–Kier alpha value is -3.29. The molecule has 0 unspecified atom stereocenters. The second-order valence-electron chi connectivity index (χ2n) is 8.84. The van der Waals surface area contributed by atoms with Gasteiger partial charge in [0.15, 0.2) is 12.4 Å². The topological polar surface area (TPSA) is 63.2 Å². The normalized spacial score (nSPS) is 21.0. The lowest BCUT2D eigenvalue weighted by Crippen LogP contribution is -2.41. The van der Waals surface area contributed by atoms with Crippen molar-refractivity contribution in [2.24, 2.45) is 0 Å². The van der Waals surface area contributed by atoms with Crippen molar-refractivity contribution in [1.29, 1.82) is 0 Å². The summed E-state index contributed by atoms with van der Waals surface area (Å²) < 4.78 is 30.6. The van der Waals surface area contributed by atoms with Crippen LogP contribution in [0.15, 0.2) is 104 Å². The Bertz CT molecular complexity index is 1070. The van der Waals surface area contributed by atoms with Gasteiger partial charge in [-0.25, -0.2) is 4.79 Å². The van der Waals surface area contributed by atoms with E-state index in [1.807, 2.05) is 72.8 Å². The molecule has 0 saturated carbocycles. The van der Waals surface area contributed by atoms with E-state index in [0.717, 1.165) is 24.0 Å². The van der Waals surface area contributed by atoms with Crippen LogP contribution in [0.4, 0.5) is 0 Å². The largest absolute Gasteiger partial charge is 0.450 e. The van der Waals surface area contributed by atoms with E-state index in [1.165, 1.54) is 0 Å². The maximum atomic E-state index is 13.0. The SMILES string of the molecule is C=CCCCO[C@H]1O[C@H](COCc2ccccc2)[C@@H](OCc2ccccc2)[C@@H]1OC(=O)c1ccccc1. The quantitative estimate of drug-likeness (QED) is 0.160. The predicted octanol–water partition coefficient (Wildman–Crippen LogP) is 5.72. The van der Waals surface area contributed by atoms with Crippen LogP contribution in [0.3, 0.4) is 0 Å². The van der Waals surface area contributed by atoms with E-state index in [-0.39, 0.29) is 6.61 Å². The summed E-state index contributed by atoms with van der Waals surface area (Å²) in [6.07, 6.45) is 0.858. The van der Waals surface area contributed by atoms with E-state index in [9.17, 15) is 4.79 Å². The zero-order chi connectivity index (χ0) is 25.7. The highest BCUT2D eigenvalue weighted by molar-refractivity contribution is 5.89. The van der Waals surface area contributed by atoms with Crippen molar-refractivity contribution in [2.45, 2.75) is 50.7 Å². The summed E-state index contributed by atoms with van der Waals surface area (Å²) in [6, 6.07) is 28.7. The lowest BCUT2D eigenvalue weighted by molar-refractivity contribution is -0.173. The predicted molar refractivity (Wildman–Crippen MR) is 141 cm³/mol. The summed E-state index contributed by atoms with van der Waals surface area (Å²) in [5.41, 5.74) is 2.53. The molecule has 0 aromatic heterocycles. The molecule has 3 aromatic carbocycles. The van der Waals surface area contributed by atoms with Crippen LogP contribution in [0.5, 0.6) is 0 Å². The highest BCUT2D eigenvalue weighted by Gasteiger charge is 2.49. The van der Waals surface area contributed by atoms with Gasteiger partial charge in [-0.3, -0.25) is 0 Å². The first-order chi connectivity index (χ1) is 18.2.